The number of aromatic hydroxyl groups is 1. The molecule has 0 fully saturated rings. The number of carbonyl (C=O) groups excluding carboxylic acids is 1. The molecule has 0 unspecified atom stereocenters. The number of nitrogens with one attached hydrogen (secondary N) is 1. The third-order valence-electron chi connectivity index (χ3n) is 3.08. The first-order valence-electron chi connectivity index (χ1n) is 6.65. The van der Waals surface area contributed by atoms with Crippen LogP contribution in [0.3, 0.4) is 0 Å². The fraction of sp³-hybridized carbons (Fsp3) is 0.188. The lowest BCUT2D eigenvalue weighted by atomic mass is 10.2. The maximum atomic E-state index is 12.0. The first kappa shape index (κ1) is 17.9. The molecule has 0 saturated carbocycles. The molecule has 0 aliphatic carbocycles. The average molecular weight is 419 g/mol. The van der Waals surface area contributed by atoms with E-state index in [2.05, 4.69) is 21.2 Å². The van der Waals surface area contributed by atoms with Gasteiger partial charge in [0.25, 0.3) is 5.91 Å². The number of hydrogen-bond donors (Lipinski definition) is 2. The Morgan fingerprint density at radius 3 is 2.52 bits per heavy atom. The molecule has 23 heavy (non-hydrogen) atoms. The molecular formula is C16H14BrCl2NO3. The summed E-state index contributed by atoms with van der Waals surface area (Å²) in [7, 11) is 0. The number of aryl methyl sites for hydroxylation is 2. The van der Waals surface area contributed by atoms with Gasteiger partial charge < -0.3 is 15.2 Å². The fourth-order valence-corrected chi connectivity index (χ4v) is 3.22. The normalized spacial score (nSPS) is 10.5. The van der Waals surface area contributed by atoms with E-state index in [9.17, 15) is 9.90 Å². The number of phenols is 1. The van der Waals surface area contributed by atoms with Crippen molar-refractivity contribution >= 4 is 50.7 Å². The van der Waals surface area contributed by atoms with Crippen LogP contribution in [-0.4, -0.2) is 17.6 Å². The second-order valence-electron chi connectivity index (χ2n) is 4.99. The van der Waals surface area contributed by atoms with Crippen LogP contribution < -0.4 is 10.1 Å². The van der Waals surface area contributed by atoms with Gasteiger partial charge in [-0.3, -0.25) is 4.79 Å². The van der Waals surface area contributed by atoms with Crippen LogP contribution in [-0.2, 0) is 4.79 Å². The van der Waals surface area contributed by atoms with E-state index >= 15 is 0 Å². The molecule has 0 radical (unpaired) electrons. The van der Waals surface area contributed by atoms with Crippen molar-refractivity contribution in [3.05, 3.63) is 49.9 Å². The number of benzene rings is 2. The molecule has 0 heterocycles. The van der Waals surface area contributed by atoms with Crippen LogP contribution in [0.1, 0.15) is 11.1 Å². The van der Waals surface area contributed by atoms with Crippen molar-refractivity contribution in [3.8, 4) is 11.5 Å². The van der Waals surface area contributed by atoms with Crippen LogP contribution in [0, 0.1) is 13.8 Å². The van der Waals surface area contributed by atoms with Gasteiger partial charge in [0.1, 0.15) is 11.5 Å². The van der Waals surface area contributed by atoms with Crippen molar-refractivity contribution < 1.29 is 14.6 Å². The minimum Gasteiger partial charge on any atom is -0.506 e. The molecule has 2 aromatic carbocycles. The molecule has 0 atom stereocenters. The SMILES string of the molecule is Cc1cc(NC(=O)COc2c(C)cc(Cl)cc2Cl)cc(Br)c1O. The van der Waals surface area contributed by atoms with Gasteiger partial charge in [-0.25, -0.2) is 0 Å². The summed E-state index contributed by atoms with van der Waals surface area (Å²) in [5.41, 5.74) is 1.95. The molecule has 0 spiro atoms. The summed E-state index contributed by atoms with van der Waals surface area (Å²) >= 11 is 15.2. The molecule has 0 aliphatic rings. The van der Waals surface area contributed by atoms with E-state index in [1.165, 1.54) is 0 Å². The molecule has 2 N–H and O–H groups in total. The van der Waals surface area contributed by atoms with Crippen LogP contribution in [0.25, 0.3) is 0 Å². The standard InChI is InChI=1S/C16H14BrCl2NO3/c1-8-4-11(6-12(17)15(8)22)20-14(21)7-23-16-9(2)3-10(18)5-13(16)19/h3-6,22H,7H2,1-2H3,(H,20,21). The number of rotatable bonds is 4. The molecular weight excluding hydrogens is 405 g/mol. The van der Waals surface area contributed by atoms with Gasteiger partial charge in [0.2, 0.25) is 0 Å². The van der Waals surface area contributed by atoms with Gasteiger partial charge in [0, 0.05) is 10.7 Å². The third-order valence-corrected chi connectivity index (χ3v) is 4.18. The molecule has 0 saturated heterocycles. The van der Waals surface area contributed by atoms with Gasteiger partial charge in [-0.2, -0.15) is 0 Å². The van der Waals surface area contributed by atoms with Crippen molar-refractivity contribution in [1.29, 1.82) is 0 Å². The van der Waals surface area contributed by atoms with E-state index in [-0.39, 0.29) is 18.3 Å². The van der Waals surface area contributed by atoms with E-state index in [0.29, 0.717) is 31.5 Å². The summed E-state index contributed by atoms with van der Waals surface area (Å²) in [6, 6.07) is 6.55. The van der Waals surface area contributed by atoms with Crippen LogP contribution in [0.5, 0.6) is 11.5 Å². The highest BCUT2D eigenvalue weighted by Gasteiger charge is 2.11. The Labute approximate surface area is 152 Å². The molecule has 7 heteroatoms. The Kier molecular flexibility index (Phi) is 5.79. The quantitative estimate of drug-likeness (QED) is 0.679. The van der Waals surface area contributed by atoms with Crippen molar-refractivity contribution in [2.45, 2.75) is 13.8 Å². The van der Waals surface area contributed by atoms with Gasteiger partial charge in [-0.1, -0.05) is 23.2 Å². The van der Waals surface area contributed by atoms with E-state index in [0.717, 1.165) is 5.56 Å². The van der Waals surface area contributed by atoms with Crippen molar-refractivity contribution in [3.63, 3.8) is 0 Å². The summed E-state index contributed by atoms with van der Waals surface area (Å²) in [6.45, 7) is 3.34. The Morgan fingerprint density at radius 1 is 1.22 bits per heavy atom. The highest BCUT2D eigenvalue weighted by Crippen LogP contribution is 2.32. The zero-order valence-corrected chi connectivity index (χ0v) is 15.5. The van der Waals surface area contributed by atoms with Crippen LogP contribution in [0.2, 0.25) is 10.0 Å². The topological polar surface area (TPSA) is 58.6 Å². The molecule has 2 aromatic rings. The first-order valence-corrected chi connectivity index (χ1v) is 8.20. The third kappa shape index (κ3) is 4.53. The van der Waals surface area contributed by atoms with E-state index in [4.69, 9.17) is 27.9 Å². The van der Waals surface area contributed by atoms with E-state index < -0.39 is 0 Å². The molecule has 122 valence electrons. The Bertz CT molecular complexity index is 719. The zero-order valence-electron chi connectivity index (χ0n) is 12.4. The Balaban J connectivity index is 2.04. The number of anilines is 1. The summed E-state index contributed by atoms with van der Waals surface area (Å²) < 4.78 is 5.98. The van der Waals surface area contributed by atoms with Gasteiger partial charge in [-0.15, -0.1) is 0 Å². The molecule has 4 nitrogen and oxygen atoms in total. The molecule has 0 aliphatic heterocycles. The number of ether oxygens (including phenoxy) is 1. The average Bonchev–Trinajstić information content (AvgIpc) is 2.43. The largest absolute Gasteiger partial charge is 0.506 e. The highest BCUT2D eigenvalue weighted by molar-refractivity contribution is 9.10. The Hall–Kier alpha value is -1.43. The number of amides is 1. The van der Waals surface area contributed by atoms with Crippen molar-refractivity contribution in [2.24, 2.45) is 0 Å². The van der Waals surface area contributed by atoms with E-state index in [1.54, 1.807) is 38.1 Å². The van der Waals surface area contributed by atoms with Crippen molar-refractivity contribution in [1.82, 2.24) is 0 Å². The minimum atomic E-state index is -0.340. The monoisotopic (exact) mass is 417 g/mol. The van der Waals surface area contributed by atoms with Gasteiger partial charge in [0.05, 0.1) is 9.50 Å². The fourth-order valence-electron chi connectivity index (χ4n) is 2.02. The van der Waals surface area contributed by atoms with Crippen LogP contribution in [0.4, 0.5) is 5.69 Å². The second-order valence-corrected chi connectivity index (χ2v) is 6.69. The number of halogens is 3. The zero-order chi connectivity index (χ0) is 17.1. The van der Waals surface area contributed by atoms with E-state index in [1.807, 2.05) is 0 Å². The summed E-state index contributed by atoms with van der Waals surface area (Å²) in [5, 5.41) is 13.2. The summed E-state index contributed by atoms with van der Waals surface area (Å²) in [4.78, 5) is 12.0. The smallest absolute Gasteiger partial charge is 0.262 e. The Morgan fingerprint density at radius 2 is 1.91 bits per heavy atom. The van der Waals surface area contributed by atoms with Gasteiger partial charge in [-0.05, 0) is 65.2 Å². The van der Waals surface area contributed by atoms with Crippen LogP contribution in [0.15, 0.2) is 28.7 Å². The highest BCUT2D eigenvalue weighted by atomic mass is 79.9. The summed E-state index contributed by atoms with van der Waals surface area (Å²) in [5.74, 6) is 0.226. The summed E-state index contributed by atoms with van der Waals surface area (Å²) in [6.07, 6.45) is 0. The molecule has 0 bridgehead atoms. The first-order chi connectivity index (χ1) is 10.8. The minimum absolute atomic E-state index is 0.141. The second kappa shape index (κ2) is 7.43. The van der Waals surface area contributed by atoms with Crippen molar-refractivity contribution in [2.75, 3.05) is 11.9 Å². The predicted molar refractivity (Wildman–Crippen MR) is 95.9 cm³/mol. The maximum Gasteiger partial charge on any atom is 0.262 e. The lowest BCUT2D eigenvalue weighted by molar-refractivity contribution is -0.118. The molecule has 1 amide bonds. The lowest BCUT2D eigenvalue weighted by Gasteiger charge is -2.12. The predicted octanol–water partition coefficient (Wildman–Crippen LogP) is 5.10. The van der Waals surface area contributed by atoms with Gasteiger partial charge >= 0.3 is 0 Å². The molecule has 2 rings (SSSR count). The number of carbonyl (C=O) groups is 1. The lowest BCUT2D eigenvalue weighted by Crippen LogP contribution is -2.20. The van der Waals surface area contributed by atoms with Gasteiger partial charge in [0.15, 0.2) is 6.61 Å². The molecule has 0 aromatic heterocycles. The number of hydrogen-bond acceptors (Lipinski definition) is 3. The maximum absolute atomic E-state index is 12.0. The number of phenolic OH excluding ortho intramolecular Hbond substituents is 1. The van der Waals surface area contributed by atoms with Crippen LogP contribution >= 0.6 is 39.1 Å².